The fraction of sp³-hybridized carbons (Fsp3) is 0.447. The number of hydrogen-bond donors (Lipinski definition) is 6. The fourth-order valence-electron chi connectivity index (χ4n) is 7.88. The Morgan fingerprint density at radius 2 is 1.19 bits per heavy atom. The molecule has 0 aliphatic carbocycles. The van der Waals surface area contributed by atoms with Crippen LogP contribution in [-0.4, -0.2) is 120 Å². The number of hydrogen-bond acceptors (Lipinski definition) is 12. The lowest BCUT2D eigenvalue weighted by Gasteiger charge is -2.42. The van der Waals surface area contributed by atoms with Gasteiger partial charge < -0.3 is 59.5 Å². The highest BCUT2D eigenvalue weighted by Gasteiger charge is 2.47. The van der Waals surface area contributed by atoms with E-state index in [9.17, 15) is 38.8 Å². The molecule has 14 nitrogen and oxygen atoms in total. The van der Waals surface area contributed by atoms with Crippen molar-refractivity contribution >= 4 is 11.8 Å². The Hall–Kier alpha value is -5.04. The van der Waals surface area contributed by atoms with Crippen molar-refractivity contribution in [1.29, 1.82) is 0 Å². The molecule has 4 aromatic rings. The Balaban J connectivity index is 1.10. The van der Waals surface area contributed by atoms with Crippen LogP contribution < -0.4 is 20.1 Å². The number of rotatable bonds is 18. The highest BCUT2D eigenvalue weighted by atomic mass is 19.1. The second-order valence-corrected chi connectivity index (χ2v) is 15.8. The van der Waals surface area contributed by atoms with Crippen molar-refractivity contribution < 1.29 is 67.2 Å². The van der Waals surface area contributed by atoms with E-state index in [1.165, 1.54) is 45.2 Å². The standard InChI is InChI=1S/C47H56F2N2O12/c1-26-40(54)45(43(57)47(60-26)62-36-16-14-30(18-20-51-28(3)53)38(25-36)32-9-6-11-34(49)23-32)59-21-7-12-39-44(58-4)41(55)42(56)46(63-39)61-35-15-13-29(17-19-50-27(2)52)37(24-35)31-8-5-10-33(48)22-31/h5-6,8-11,13-16,22-26,39-47,54-57H,7,12,17-21H2,1-4H3,(H,50,52)(H,51,53)/t26-,39+,40+,41-,42+,43-,44-,45+,46+,47-/m0/s1. The van der Waals surface area contributed by atoms with Gasteiger partial charge in [0.25, 0.3) is 0 Å². The predicted octanol–water partition coefficient (Wildman–Crippen LogP) is 4.21. The third-order valence-corrected chi connectivity index (χ3v) is 11.1. The molecule has 63 heavy (non-hydrogen) atoms. The molecule has 2 amide bonds. The number of halogens is 2. The first kappa shape index (κ1) is 47.4. The van der Waals surface area contributed by atoms with Crippen LogP contribution in [0.2, 0.25) is 0 Å². The van der Waals surface area contributed by atoms with Crippen molar-refractivity contribution in [2.24, 2.45) is 0 Å². The Morgan fingerprint density at radius 3 is 1.68 bits per heavy atom. The van der Waals surface area contributed by atoms with E-state index in [0.29, 0.717) is 60.4 Å². The first-order valence-corrected chi connectivity index (χ1v) is 21.0. The summed E-state index contributed by atoms with van der Waals surface area (Å²) in [5, 5.41) is 50.1. The molecule has 340 valence electrons. The maximum Gasteiger partial charge on any atom is 0.229 e. The van der Waals surface area contributed by atoms with Gasteiger partial charge in [-0.05, 0) is 115 Å². The largest absolute Gasteiger partial charge is 0.462 e. The first-order valence-electron chi connectivity index (χ1n) is 21.0. The molecule has 6 N–H and O–H groups in total. The van der Waals surface area contributed by atoms with E-state index in [-0.39, 0.29) is 30.6 Å². The van der Waals surface area contributed by atoms with Crippen LogP contribution in [0, 0.1) is 11.6 Å². The van der Waals surface area contributed by atoms with Crippen LogP contribution in [0.25, 0.3) is 22.3 Å². The van der Waals surface area contributed by atoms with Gasteiger partial charge in [-0.15, -0.1) is 0 Å². The van der Waals surface area contributed by atoms with Crippen LogP contribution in [0.5, 0.6) is 11.5 Å². The summed E-state index contributed by atoms with van der Waals surface area (Å²) in [6.45, 7) is 5.23. The minimum absolute atomic E-state index is 0.0301. The Labute approximate surface area is 365 Å². The number of carbonyl (C=O) groups is 2. The molecule has 4 aromatic carbocycles. The van der Waals surface area contributed by atoms with Gasteiger partial charge in [-0.25, -0.2) is 8.78 Å². The SMILES string of the molecule is CO[C@@H]1[C@@H](O)[C@@H](O)[C@H](Oc2ccc(CCNC(C)=O)c(-c3cccc(F)c3)c2)O[C@@H]1CCCO[C@H]1[C@H](O)[C@H](Oc2ccc(CCNC(C)=O)c(-c3cccc(F)c3)c2)O[C@@H](C)[C@H]1O. The second kappa shape index (κ2) is 22.0. The number of benzene rings is 4. The molecular weight excluding hydrogens is 823 g/mol. The highest BCUT2D eigenvalue weighted by Crippen LogP contribution is 2.35. The first-order chi connectivity index (χ1) is 30.2. The molecule has 0 aromatic heterocycles. The number of aliphatic hydroxyl groups excluding tert-OH is 4. The molecule has 2 aliphatic heterocycles. The van der Waals surface area contributed by atoms with Crippen molar-refractivity contribution in [3.8, 4) is 33.8 Å². The fourth-order valence-corrected chi connectivity index (χ4v) is 7.88. The summed E-state index contributed by atoms with van der Waals surface area (Å²) >= 11 is 0. The molecule has 16 heteroatoms. The van der Waals surface area contributed by atoms with Crippen LogP contribution in [0.1, 0.15) is 44.7 Å². The zero-order valence-corrected chi connectivity index (χ0v) is 35.6. The minimum Gasteiger partial charge on any atom is -0.462 e. The number of methoxy groups -OCH3 is 1. The number of carbonyl (C=O) groups excluding carboxylic acids is 2. The monoisotopic (exact) mass is 878 g/mol. The van der Waals surface area contributed by atoms with Crippen LogP contribution in [-0.2, 0) is 41.4 Å². The van der Waals surface area contributed by atoms with Crippen LogP contribution in [0.4, 0.5) is 8.78 Å². The van der Waals surface area contributed by atoms with Gasteiger partial charge in [-0.3, -0.25) is 9.59 Å². The van der Waals surface area contributed by atoms with Crippen LogP contribution in [0.15, 0.2) is 84.9 Å². The van der Waals surface area contributed by atoms with E-state index in [1.807, 2.05) is 0 Å². The molecule has 10 atom stereocenters. The lowest BCUT2D eigenvalue weighted by Crippen LogP contribution is -2.60. The van der Waals surface area contributed by atoms with Gasteiger partial charge in [0.05, 0.1) is 12.2 Å². The molecule has 2 fully saturated rings. The Morgan fingerprint density at radius 1 is 0.667 bits per heavy atom. The van der Waals surface area contributed by atoms with Gasteiger partial charge in [0.2, 0.25) is 24.4 Å². The molecule has 0 radical (unpaired) electrons. The topological polar surface area (TPSA) is 194 Å². The smallest absolute Gasteiger partial charge is 0.229 e. The molecule has 0 saturated carbocycles. The van der Waals surface area contributed by atoms with E-state index in [1.54, 1.807) is 67.6 Å². The summed E-state index contributed by atoms with van der Waals surface area (Å²) in [6.07, 6.45) is -10.3. The summed E-state index contributed by atoms with van der Waals surface area (Å²) in [5.41, 5.74) is 4.12. The van der Waals surface area contributed by atoms with Crippen LogP contribution in [0.3, 0.4) is 0 Å². The van der Waals surface area contributed by atoms with Crippen LogP contribution >= 0.6 is 0 Å². The molecule has 0 spiro atoms. The van der Waals surface area contributed by atoms with E-state index in [4.69, 9.17) is 28.4 Å². The minimum atomic E-state index is -1.50. The maximum absolute atomic E-state index is 14.3. The number of nitrogens with one attached hydrogen (secondary N) is 2. The van der Waals surface area contributed by atoms with Crippen molar-refractivity contribution in [1.82, 2.24) is 10.6 Å². The lowest BCUT2D eigenvalue weighted by molar-refractivity contribution is -0.282. The lowest BCUT2D eigenvalue weighted by atomic mass is 9.95. The highest BCUT2D eigenvalue weighted by molar-refractivity contribution is 5.74. The zero-order valence-electron chi connectivity index (χ0n) is 35.6. The third kappa shape index (κ3) is 12.4. The Bertz CT molecular complexity index is 2160. The summed E-state index contributed by atoms with van der Waals surface area (Å²) in [5.74, 6) is -0.619. The summed E-state index contributed by atoms with van der Waals surface area (Å²) in [6, 6.07) is 22.4. The van der Waals surface area contributed by atoms with Crippen molar-refractivity contribution in [2.75, 3.05) is 26.8 Å². The summed E-state index contributed by atoms with van der Waals surface area (Å²) in [7, 11) is 1.39. The maximum atomic E-state index is 14.3. The van der Waals surface area contributed by atoms with Gasteiger partial charge in [0.15, 0.2) is 0 Å². The summed E-state index contributed by atoms with van der Waals surface area (Å²) < 4.78 is 64.5. The third-order valence-electron chi connectivity index (χ3n) is 11.1. The average Bonchev–Trinajstić information content (AvgIpc) is 3.25. The van der Waals surface area contributed by atoms with Gasteiger partial charge in [-0.1, -0.05) is 36.4 Å². The molecule has 0 bridgehead atoms. The van der Waals surface area contributed by atoms with E-state index < -0.39 is 73.0 Å². The normalized spacial score (nSPS) is 25.9. The predicted molar refractivity (Wildman–Crippen MR) is 226 cm³/mol. The van der Waals surface area contributed by atoms with Gasteiger partial charge in [0.1, 0.15) is 59.8 Å². The zero-order chi connectivity index (χ0) is 45.2. The van der Waals surface area contributed by atoms with Gasteiger partial charge >= 0.3 is 0 Å². The van der Waals surface area contributed by atoms with Gasteiger partial charge in [-0.2, -0.15) is 0 Å². The second-order valence-electron chi connectivity index (χ2n) is 15.8. The van der Waals surface area contributed by atoms with Crippen molar-refractivity contribution in [2.45, 2.75) is 108 Å². The summed E-state index contributed by atoms with van der Waals surface area (Å²) in [4.78, 5) is 23.0. The molecule has 0 unspecified atom stereocenters. The molecule has 2 heterocycles. The van der Waals surface area contributed by atoms with Gasteiger partial charge in [0, 0.05) is 40.7 Å². The van der Waals surface area contributed by atoms with E-state index in [2.05, 4.69) is 10.6 Å². The Kier molecular flexibility index (Phi) is 16.6. The van der Waals surface area contributed by atoms with E-state index in [0.717, 1.165) is 11.1 Å². The number of aliphatic hydroxyl groups is 4. The quantitative estimate of drug-likeness (QED) is 0.0782. The number of amides is 2. The molecule has 2 saturated heterocycles. The van der Waals surface area contributed by atoms with E-state index >= 15 is 0 Å². The molecular formula is C47H56F2N2O12. The number of ether oxygens (including phenoxy) is 6. The van der Waals surface area contributed by atoms with Crippen molar-refractivity contribution in [3.63, 3.8) is 0 Å². The molecule has 6 rings (SSSR count). The average molecular weight is 879 g/mol. The molecule has 2 aliphatic rings. The van der Waals surface area contributed by atoms with Crippen molar-refractivity contribution in [3.05, 3.63) is 108 Å².